The van der Waals surface area contributed by atoms with E-state index in [-0.39, 0.29) is 0 Å². The Morgan fingerprint density at radius 3 is 2.42 bits per heavy atom. The SMILES string of the molecule is Cc1cc(-c2ccc(Cl)cc2)c2ccc(-c3ccccn3)nc2c1. The lowest BCUT2D eigenvalue weighted by Gasteiger charge is -2.10. The summed E-state index contributed by atoms with van der Waals surface area (Å²) in [5.41, 5.74) is 6.23. The number of nitrogens with zero attached hydrogens (tertiary/aromatic N) is 2. The van der Waals surface area contributed by atoms with E-state index in [0.717, 1.165) is 32.9 Å². The predicted molar refractivity (Wildman–Crippen MR) is 100 cm³/mol. The Morgan fingerprint density at radius 2 is 1.67 bits per heavy atom. The highest BCUT2D eigenvalue weighted by Gasteiger charge is 2.09. The lowest BCUT2D eigenvalue weighted by atomic mass is 9.98. The molecule has 116 valence electrons. The summed E-state index contributed by atoms with van der Waals surface area (Å²) in [6, 6.07) is 22.2. The molecule has 24 heavy (non-hydrogen) atoms. The fourth-order valence-corrected chi connectivity index (χ4v) is 3.03. The summed E-state index contributed by atoms with van der Waals surface area (Å²) in [4.78, 5) is 9.21. The molecule has 2 aromatic heterocycles. The minimum Gasteiger partial charge on any atom is -0.255 e. The van der Waals surface area contributed by atoms with Crippen LogP contribution in [0.25, 0.3) is 33.4 Å². The number of aryl methyl sites for hydroxylation is 1. The largest absolute Gasteiger partial charge is 0.255 e. The molecule has 2 nitrogen and oxygen atoms in total. The van der Waals surface area contributed by atoms with Gasteiger partial charge in [-0.15, -0.1) is 0 Å². The van der Waals surface area contributed by atoms with Gasteiger partial charge in [0.2, 0.25) is 0 Å². The first-order valence-corrected chi connectivity index (χ1v) is 8.17. The van der Waals surface area contributed by atoms with Gasteiger partial charge in [-0.2, -0.15) is 0 Å². The molecule has 4 rings (SSSR count). The molecule has 0 N–H and O–H groups in total. The second-order valence-electron chi connectivity index (χ2n) is 5.80. The summed E-state index contributed by atoms with van der Waals surface area (Å²) in [6.45, 7) is 2.09. The maximum Gasteiger partial charge on any atom is 0.0893 e. The normalized spacial score (nSPS) is 10.9. The number of halogens is 1. The average molecular weight is 331 g/mol. The molecule has 0 atom stereocenters. The molecule has 0 aliphatic carbocycles. The van der Waals surface area contributed by atoms with Crippen LogP contribution in [0.3, 0.4) is 0 Å². The molecular weight excluding hydrogens is 316 g/mol. The summed E-state index contributed by atoms with van der Waals surface area (Å²) in [6.07, 6.45) is 1.79. The van der Waals surface area contributed by atoms with Crippen LogP contribution in [0.1, 0.15) is 5.56 Å². The van der Waals surface area contributed by atoms with Crippen molar-refractivity contribution in [1.29, 1.82) is 0 Å². The third kappa shape index (κ3) is 2.77. The van der Waals surface area contributed by atoms with Crippen molar-refractivity contribution >= 4 is 22.5 Å². The second-order valence-corrected chi connectivity index (χ2v) is 6.23. The van der Waals surface area contributed by atoms with Crippen LogP contribution < -0.4 is 0 Å². The minimum atomic E-state index is 0.742. The minimum absolute atomic E-state index is 0.742. The number of aromatic nitrogens is 2. The molecule has 0 radical (unpaired) electrons. The van der Waals surface area contributed by atoms with E-state index < -0.39 is 0 Å². The molecule has 0 spiro atoms. The first-order chi connectivity index (χ1) is 11.7. The van der Waals surface area contributed by atoms with Crippen LogP contribution in [0.15, 0.2) is 72.9 Å². The molecule has 0 amide bonds. The highest BCUT2D eigenvalue weighted by atomic mass is 35.5. The summed E-state index contributed by atoms with van der Waals surface area (Å²) in [5, 5.41) is 1.87. The van der Waals surface area contributed by atoms with Gasteiger partial charge in [-0.25, -0.2) is 4.98 Å². The van der Waals surface area contributed by atoms with Crippen LogP contribution in [-0.2, 0) is 0 Å². The Bertz CT molecular complexity index is 1010. The summed E-state index contributed by atoms with van der Waals surface area (Å²) in [5.74, 6) is 0. The molecule has 2 heterocycles. The molecule has 0 fully saturated rings. The van der Waals surface area contributed by atoms with Gasteiger partial charge in [-0.3, -0.25) is 4.98 Å². The number of benzene rings is 2. The lowest BCUT2D eigenvalue weighted by Crippen LogP contribution is -1.91. The Hall–Kier alpha value is -2.71. The molecule has 2 aromatic carbocycles. The standard InChI is InChI=1S/C21H15ClN2/c1-14-12-18(15-5-7-16(22)8-6-15)17-9-10-20(24-21(17)13-14)19-4-2-3-11-23-19/h2-13H,1H3. The van der Waals surface area contributed by atoms with Gasteiger partial charge in [0.1, 0.15) is 0 Å². The van der Waals surface area contributed by atoms with Gasteiger partial charge in [-0.1, -0.05) is 35.9 Å². The van der Waals surface area contributed by atoms with E-state index in [1.807, 2.05) is 48.5 Å². The summed E-state index contributed by atoms with van der Waals surface area (Å²) >= 11 is 6.02. The van der Waals surface area contributed by atoms with Crippen LogP contribution in [0.4, 0.5) is 0 Å². The monoisotopic (exact) mass is 330 g/mol. The molecule has 0 saturated carbocycles. The number of rotatable bonds is 2. The molecule has 3 heteroatoms. The van der Waals surface area contributed by atoms with Crippen molar-refractivity contribution in [2.24, 2.45) is 0 Å². The van der Waals surface area contributed by atoms with Crippen molar-refractivity contribution < 1.29 is 0 Å². The first-order valence-electron chi connectivity index (χ1n) is 7.79. The number of hydrogen-bond donors (Lipinski definition) is 0. The fraction of sp³-hybridized carbons (Fsp3) is 0.0476. The number of hydrogen-bond acceptors (Lipinski definition) is 2. The van der Waals surface area contributed by atoms with Gasteiger partial charge in [-0.05, 0) is 66.1 Å². The van der Waals surface area contributed by atoms with Crippen molar-refractivity contribution in [1.82, 2.24) is 9.97 Å². The maximum atomic E-state index is 6.02. The van der Waals surface area contributed by atoms with Gasteiger partial charge in [0.25, 0.3) is 0 Å². The van der Waals surface area contributed by atoms with E-state index >= 15 is 0 Å². The fourth-order valence-electron chi connectivity index (χ4n) is 2.90. The van der Waals surface area contributed by atoms with Crippen LogP contribution in [0.2, 0.25) is 5.02 Å². The van der Waals surface area contributed by atoms with Crippen molar-refractivity contribution in [2.75, 3.05) is 0 Å². The molecule has 0 unspecified atom stereocenters. The smallest absolute Gasteiger partial charge is 0.0893 e. The topological polar surface area (TPSA) is 25.8 Å². The molecule has 4 aromatic rings. The van der Waals surface area contributed by atoms with E-state index in [0.29, 0.717) is 0 Å². The van der Waals surface area contributed by atoms with Gasteiger partial charge in [0.15, 0.2) is 0 Å². The number of pyridine rings is 2. The van der Waals surface area contributed by atoms with Gasteiger partial charge in [0, 0.05) is 16.6 Å². The third-order valence-corrected chi connectivity index (χ3v) is 4.29. The maximum absolute atomic E-state index is 6.02. The zero-order valence-corrected chi connectivity index (χ0v) is 14.0. The second kappa shape index (κ2) is 6.06. The van der Waals surface area contributed by atoms with Crippen molar-refractivity contribution in [3.63, 3.8) is 0 Å². The quantitative estimate of drug-likeness (QED) is 0.455. The van der Waals surface area contributed by atoms with Crippen molar-refractivity contribution in [2.45, 2.75) is 6.92 Å². The highest BCUT2D eigenvalue weighted by Crippen LogP contribution is 2.31. The third-order valence-electron chi connectivity index (χ3n) is 4.03. The van der Waals surface area contributed by atoms with Crippen molar-refractivity contribution in [3.05, 3.63) is 83.5 Å². The Labute approximate surface area is 145 Å². The van der Waals surface area contributed by atoms with E-state index in [1.54, 1.807) is 6.20 Å². The Kier molecular flexibility index (Phi) is 3.75. The zero-order chi connectivity index (χ0) is 16.5. The average Bonchev–Trinajstić information content (AvgIpc) is 2.62. The summed E-state index contributed by atoms with van der Waals surface area (Å²) in [7, 11) is 0. The predicted octanol–water partition coefficient (Wildman–Crippen LogP) is 5.93. The van der Waals surface area contributed by atoms with Gasteiger partial charge >= 0.3 is 0 Å². The highest BCUT2D eigenvalue weighted by molar-refractivity contribution is 6.30. The van der Waals surface area contributed by atoms with Crippen LogP contribution >= 0.6 is 11.6 Å². The summed E-state index contributed by atoms with van der Waals surface area (Å²) < 4.78 is 0. The molecular formula is C21H15ClN2. The van der Waals surface area contributed by atoms with E-state index in [2.05, 4.69) is 30.1 Å². The van der Waals surface area contributed by atoms with Crippen molar-refractivity contribution in [3.8, 4) is 22.5 Å². The van der Waals surface area contributed by atoms with Crippen LogP contribution in [-0.4, -0.2) is 9.97 Å². The Morgan fingerprint density at radius 1 is 0.833 bits per heavy atom. The van der Waals surface area contributed by atoms with Crippen LogP contribution in [0, 0.1) is 6.92 Å². The molecule has 0 saturated heterocycles. The van der Waals surface area contributed by atoms with E-state index in [4.69, 9.17) is 16.6 Å². The zero-order valence-electron chi connectivity index (χ0n) is 13.2. The Balaban J connectivity index is 1.92. The van der Waals surface area contributed by atoms with Crippen LogP contribution in [0.5, 0.6) is 0 Å². The van der Waals surface area contributed by atoms with E-state index in [1.165, 1.54) is 11.1 Å². The molecule has 0 aliphatic rings. The van der Waals surface area contributed by atoms with E-state index in [9.17, 15) is 0 Å². The van der Waals surface area contributed by atoms with Gasteiger partial charge < -0.3 is 0 Å². The van der Waals surface area contributed by atoms with Gasteiger partial charge in [0.05, 0.1) is 16.9 Å². The number of fused-ring (bicyclic) bond motifs is 1. The lowest BCUT2D eigenvalue weighted by molar-refractivity contribution is 1.27. The molecule has 0 bridgehead atoms. The first kappa shape index (κ1) is 14.9. The molecule has 0 aliphatic heterocycles.